The Morgan fingerprint density at radius 2 is 1.65 bits per heavy atom. The average Bonchev–Trinajstić information content (AvgIpc) is 3.15. The second-order valence-corrected chi connectivity index (χ2v) is 9.81. The van der Waals surface area contributed by atoms with Gasteiger partial charge in [-0.25, -0.2) is 0 Å². The summed E-state index contributed by atoms with van der Waals surface area (Å²) in [6.45, 7) is 2.82. The smallest absolute Gasteiger partial charge is 0.290 e. The summed E-state index contributed by atoms with van der Waals surface area (Å²) in [5, 5.41) is 1.93. The number of thioether (sulfide) groups is 1. The number of rotatable bonds is 12. The highest BCUT2D eigenvalue weighted by Crippen LogP contribution is 2.27. The van der Waals surface area contributed by atoms with E-state index in [1.54, 1.807) is 6.08 Å². The van der Waals surface area contributed by atoms with Crippen LogP contribution in [0.3, 0.4) is 0 Å². The molecule has 1 heterocycles. The van der Waals surface area contributed by atoms with Crippen molar-refractivity contribution in [3.63, 3.8) is 0 Å². The summed E-state index contributed by atoms with van der Waals surface area (Å²) in [5.41, 5.74) is 4.09. The Morgan fingerprint density at radius 3 is 2.32 bits per heavy atom. The molecule has 0 aromatic heterocycles. The fourth-order valence-electron chi connectivity index (χ4n) is 3.98. The van der Waals surface area contributed by atoms with Gasteiger partial charge in [0, 0.05) is 20.0 Å². The van der Waals surface area contributed by atoms with Crippen LogP contribution in [0.15, 0.2) is 53.4 Å². The topological polar surface area (TPSA) is 66.5 Å². The molecule has 180 valence electrons. The minimum Gasteiger partial charge on any atom is -0.341 e. The SMILES string of the molecule is CCCCCCCCCC(=O)N(C)Cc1cccc(-c2ccc(/C=C3/SC(=O)NC3=O)cc2)c1. The van der Waals surface area contributed by atoms with Crippen molar-refractivity contribution >= 4 is 34.9 Å². The van der Waals surface area contributed by atoms with Crippen LogP contribution in [0.5, 0.6) is 0 Å². The number of unbranched alkanes of at least 4 members (excludes halogenated alkanes) is 6. The molecule has 1 saturated heterocycles. The number of imide groups is 1. The summed E-state index contributed by atoms with van der Waals surface area (Å²) >= 11 is 0.918. The van der Waals surface area contributed by atoms with Gasteiger partial charge in [-0.05, 0) is 52.6 Å². The van der Waals surface area contributed by atoms with Gasteiger partial charge in [0.15, 0.2) is 0 Å². The van der Waals surface area contributed by atoms with Crippen LogP contribution in [0.4, 0.5) is 4.79 Å². The molecular weight excluding hydrogens is 444 g/mol. The lowest BCUT2D eigenvalue weighted by atomic mass is 10.0. The zero-order valence-electron chi connectivity index (χ0n) is 20.1. The summed E-state index contributed by atoms with van der Waals surface area (Å²) in [6.07, 6.45) is 10.8. The number of carbonyl (C=O) groups excluding carboxylic acids is 3. The number of amides is 3. The van der Waals surface area contributed by atoms with Gasteiger partial charge in [0.2, 0.25) is 5.91 Å². The highest BCUT2D eigenvalue weighted by atomic mass is 32.2. The maximum absolute atomic E-state index is 12.5. The van der Waals surface area contributed by atoms with Crippen molar-refractivity contribution in [3.8, 4) is 11.1 Å². The molecule has 34 heavy (non-hydrogen) atoms. The number of benzene rings is 2. The van der Waals surface area contributed by atoms with Crippen molar-refractivity contribution < 1.29 is 14.4 Å². The lowest BCUT2D eigenvalue weighted by molar-refractivity contribution is -0.130. The van der Waals surface area contributed by atoms with Crippen LogP contribution in [-0.2, 0) is 16.1 Å². The lowest BCUT2D eigenvalue weighted by Crippen LogP contribution is -2.25. The standard InChI is InChI=1S/C28H34N2O3S/c1-3-4-5-6-7-8-9-13-26(31)30(2)20-22-11-10-12-24(18-22)23-16-14-21(15-17-23)19-25-27(32)29-28(33)34-25/h10-12,14-19H,3-9,13,20H2,1-2H3,(H,29,32,33)/b25-19+. The molecule has 0 atom stereocenters. The van der Waals surface area contributed by atoms with Gasteiger partial charge in [-0.15, -0.1) is 0 Å². The maximum atomic E-state index is 12.5. The van der Waals surface area contributed by atoms with Gasteiger partial charge < -0.3 is 4.90 Å². The minimum absolute atomic E-state index is 0.198. The number of nitrogens with zero attached hydrogens (tertiary/aromatic N) is 1. The van der Waals surface area contributed by atoms with Crippen LogP contribution in [0, 0.1) is 0 Å². The minimum atomic E-state index is -0.350. The first-order chi connectivity index (χ1) is 16.5. The molecule has 1 N–H and O–H groups in total. The molecule has 2 aromatic rings. The van der Waals surface area contributed by atoms with Gasteiger partial charge in [0.25, 0.3) is 11.1 Å². The third-order valence-corrected chi connectivity index (χ3v) is 6.76. The highest BCUT2D eigenvalue weighted by molar-refractivity contribution is 8.18. The van der Waals surface area contributed by atoms with E-state index < -0.39 is 0 Å². The molecule has 0 radical (unpaired) electrons. The molecule has 0 aliphatic carbocycles. The molecule has 0 saturated carbocycles. The fourth-order valence-corrected chi connectivity index (χ4v) is 4.66. The second kappa shape index (κ2) is 13.1. The Labute approximate surface area is 207 Å². The van der Waals surface area contributed by atoms with E-state index >= 15 is 0 Å². The molecule has 2 aromatic carbocycles. The molecule has 1 fully saturated rings. The third kappa shape index (κ3) is 7.87. The van der Waals surface area contributed by atoms with Crippen molar-refractivity contribution in [1.82, 2.24) is 10.2 Å². The molecular formula is C28H34N2O3S. The van der Waals surface area contributed by atoms with E-state index in [1.165, 1.54) is 32.1 Å². The molecule has 0 unspecified atom stereocenters. The second-order valence-electron chi connectivity index (χ2n) is 8.80. The average molecular weight is 479 g/mol. The largest absolute Gasteiger partial charge is 0.341 e. The van der Waals surface area contributed by atoms with Gasteiger partial charge in [0.1, 0.15) is 0 Å². The van der Waals surface area contributed by atoms with E-state index in [2.05, 4.69) is 24.4 Å². The van der Waals surface area contributed by atoms with Crippen molar-refractivity contribution in [2.24, 2.45) is 0 Å². The van der Waals surface area contributed by atoms with E-state index in [9.17, 15) is 14.4 Å². The third-order valence-electron chi connectivity index (χ3n) is 5.95. The summed E-state index contributed by atoms with van der Waals surface area (Å²) in [7, 11) is 1.88. The van der Waals surface area contributed by atoms with Gasteiger partial charge in [-0.1, -0.05) is 87.9 Å². The zero-order valence-corrected chi connectivity index (χ0v) is 21.0. The highest BCUT2D eigenvalue weighted by Gasteiger charge is 2.24. The number of hydrogen-bond donors (Lipinski definition) is 1. The number of hydrogen-bond acceptors (Lipinski definition) is 4. The van der Waals surface area contributed by atoms with E-state index in [-0.39, 0.29) is 17.1 Å². The summed E-state index contributed by atoms with van der Waals surface area (Å²) in [6, 6.07) is 16.1. The maximum Gasteiger partial charge on any atom is 0.290 e. The van der Waals surface area contributed by atoms with Crippen LogP contribution in [0.2, 0.25) is 0 Å². The van der Waals surface area contributed by atoms with Crippen LogP contribution in [-0.4, -0.2) is 29.0 Å². The predicted molar refractivity (Wildman–Crippen MR) is 140 cm³/mol. The Kier molecular flexibility index (Phi) is 9.95. The van der Waals surface area contributed by atoms with E-state index in [0.717, 1.165) is 46.9 Å². The molecule has 3 amide bonds. The molecule has 6 heteroatoms. The summed E-state index contributed by atoms with van der Waals surface area (Å²) in [4.78, 5) is 37.8. The quantitative estimate of drug-likeness (QED) is 0.270. The van der Waals surface area contributed by atoms with E-state index in [0.29, 0.717) is 17.9 Å². The van der Waals surface area contributed by atoms with Crippen molar-refractivity contribution in [1.29, 1.82) is 0 Å². The Morgan fingerprint density at radius 1 is 0.941 bits per heavy atom. The van der Waals surface area contributed by atoms with Gasteiger partial charge in [-0.2, -0.15) is 0 Å². The van der Waals surface area contributed by atoms with Crippen LogP contribution < -0.4 is 5.32 Å². The van der Waals surface area contributed by atoms with Gasteiger partial charge >= 0.3 is 0 Å². The summed E-state index contributed by atoms with van der Waals surface area (Å²) in [5.74, 6) is -0.152. The number of nitrogens with one attached hydrogen (secondary N) is 1. The molecule has 0 bridgehead atoms. The Hall–Kier alpha value is -2.86. The molecule has 0 spiro atoms. The first kappa shape index (κ1) is 25.8. The molecule has 1 aliphatic rings. The normalized spacial score (nSPS) is 14.5. The van der Waals surface area contributed by atoms with Crippen LogP contribution in [0.25, 0.3) is 17.2 Å². The first-order valence-electron chi connectivity index (χ1n) is 12.1. The lowest BCUT2D eigenvalue weighted by Gasteiger charge is -2.18. The Balaban J connectivity index is 1.52. The molecule has 3 rings (SSSR count). The van der Waals surface area contributed by atoms with Crippen LogP contribution >= 0.6 is 11.8 Å². The van der Waals surface area contributed by atoms with E-state index in [1.807, 2.05) is 48.3 Å². The zero-order chi connectivity index (χ0) is 24.3. The van der Waals surface area contributed by atoms with Crippen molar-refractivity contribution in [2.75, 3.05) is 7.05 Å². The molecule has 1 aliphatic heterocycles. The van der Waals surface area contributed by atoms with Crippen molar-refractivity contribution in [2.45, 2.75) is 64.8 Å². The van der Waals surface area contributed by atoms with Gasteiger partial charge in [-0.3, -0.25) is 19.7 Å². The van der Waals surface area contributed by atoms with Crippen LogP contribution in [0.1, 0.15) is 69.4 Å². The Bertz CT molecular complexity index is 1030. The fraction of sp³-hybridized carbons (Fsp3) is 0.393. The van der Waals surface area contributed by atoms with E-state index in [4.69, 9.17) is 0 Å². The molecule has 5 nitrogen and oxygen atoms in total. The predicted octanol–water partition coefficient (Wildman–Crippen LogP) is 6.78. The first-order valence-corrected chi connectivity index (χ1v) is 13.0. The monoisotopic (exact) mass is 478 g/mol. The van der Waals surface area contributed by atoms with Gasteiger partial charge in [0.05, 0.1) is 4.91 Å². The summed E-state index contributed by atoms with van der Waals surface area (Å²) < 4.78 is 0. The number of carbonyl (C=O) groups is 3. The van der Waals surface area contributed by atoms with Crippen molar-refractivity contribution in [3.05, 3.63) is 64.6 Å².